The minimum absolute atomic E-state index is 0.113. The number of rotatable bonds is 2. The van der Waals surface area contributed by atoms with Crippen LogP contribution in [-0.2, 0) is 10.0 Å². The Balaban J connectivity index is 2.28. The van der Waals surface area contributed by atoms with Gasteiger partial charge in [0.2, 0.25) is 10.0 Å². The summed E-state index contributed by atoms with van der Waals surface area (Å²) in [4.78, 5) is 0.263. The lowest BCUT2D eigenvalue weighted by Gasteiger charge is -2.23. The highest BCUT2D eigenvalue weighted by Crippen LogP contribution is 2.20. The fourth-order valence-corrected chi connectivity index (χ4v) is 3.08. The standard InChI is InChI=1S/C12H14FNO2S/c1-10-2-4-12(5-3-10)17(15,16)14-8-6-11(13)7-9-14/h2-6H,7-9H2,1H3. The molecule has 2 rings (SSSR count). The summed E-state index contributed by atoms with van der Waals surface area (Å²) in [6.07, 6.45) is 1.47. The lowest BCUT2D eigenvalue weighted by Crippen LogP contribution is -2.34. The molecular formula is C12H14FNO2S. The van der Waals surface area contributed by atoms with E-state index in [2.05, 4.69) is 0 Å². The van der Waals surface area contributed by atoms with Crippen LogP contribution in [-0.4, -0.2) is 25.8 Å². The molecule has 1 aliphatic rings. The summed E-state index contributed by atoms with van der Waals surface area (Å²) in [6.45, 7) is 2.22. The topological polar surface area (TPSA) is 37.4 Å². The summed E-state index contributed by atoms with van der Waals surface area (Å²) in [7, 11) is -3.48. The number of nitrogens with zero attached hydrogens (tertiary/aromatic N) is 1. The van der Waals surface area contributed by atoms with Crippen LogP contribution in [0.15, 0.2) is 41.1 Å². The zero-order valence-electron chi connectivity index (χ0n) is 9.56. The molecule has 0 fully saturated rings. The molecule has 0 radical (unpaired) electrons. The van der Waals surface area contributed by atoms with Crippen molar-refractivity contribution < 1.29 is 12.8 Å². The molecule has 1 heterocycles. The van der Waals surface area contributed by atoms with E-state index in [0.29, 0.717) is 0 Å². The second-order valence-electron chi connectivity index (χ2n) is 4.08. The molecule has 17 heavy (non-hydrogen) atoms. The molecule has 5 heteroatoms. The number of hydrogen-bond donors (Lipinski definition) is 0. The number of hydrogen-bond acceptors (Lipinski definition) is 2. The number of sulfonamides is 1. The number of halogens is 1. The maximum Gasteiger partial charge on any atom is 0.243 e. The van der Waals surface area contributed by atoms with E-state index in [1.165, 1.54) is 10.4 Å². The van der Waals surface area contributed by atoms with Gasteiger partial charge in [0.25, 0.3) is 0 Å². The van der Waals surface area contributed by atoms with Crippen molar-refractivity contribution in [3.05, 3.63) is 41.7 Å². The Labute approximate surface area is 101 Å². The number of aryl methyl sites for hydroxylation is 1. The van der Waals surface area contributed by atoms with Gasteiger partial charge in [0.05, 0.1) is 10.7 Å². The van der Waals surface area contributed by atoms with Gasteiger partial charge in [0.1, 0.15) is 0 Å². The summed E-state index contributed by atoms with van der Waals surface area (Å²) >= 11 is 0. The highest BCUT2D eigenvalue weighted by Gasteiger charge is 2.25. The summed E-state index contributed by atoms with van der Waals surface area (Å²) < 4.78 is 38.5. The van der Waals surface area contributed by atoms with E-state index < -0.39 is 10.0 Å². The normalized spacial score (nSPS) is 17.9. The van der Waals surface area contributed by atoms with Crippen molar-refractivity contribution in [2.24, 2.45) is 0 Å². The van der Waals surface area contributed by atoms with Gasteiger partial charge in [-0.05, 0) is 25.1 Å². The van der Waals surface area contributed by atoms with Crippen molar-refractivity contribution >= 4 is 10.0 Å². The molecule has 0 spiro atoms. The van der Waals surface area contributed by atoms with E-state index in [9.17, 15) is 12.8 Å². The fourth-order valence-electron chi connectivity index (χ4n) is 1.70. The molecule has 0 aliphatic carbocycles. The predicted molar refractivity (Wildman–Crippen MR) is 63.7 cm³/mol. The van der Waals surface area contributed by atoms with Crippen LogP contribution in [0.5, 0.6) is 0 Å². The first kappa shape index (κ1) is 12.3. The quantitative estimate of drug-likeness (QED) is 0.812. The van der Waals surface area contributed by atoms with E-state index in [4.69, 9.17) is 0 Å². The Kier molecular flexibility index (Phi) is 3.31. The summed E-state index contributed by atoms with van der Waals surface area (Å²) in [6, 6.07) is 6.68. The van der Waals surface area contributed by atoms with E-state index in [0.717, 1.165) is 5.56 Å². The summed E-state index contributed by atoms with van der Waals surface area (Å²) in [5.41, 5.74) is 1.01. The Hall–Kier alpha value is -1.20. The molecule has 0 bridgehead atoms. The third-order valence-corrected chi connectivity index (χ3v) is 4.65. The first-order valence-electron chi connectivity index (χ1n) is 5.41. The van der Waals surface area contributed by atoms with Gasteiger partial charge in [0.15, 0.2) is 0 Å². The van der Waals surface area contributed by atoms with E-state index >= 15 is 0 Å². The van der Waals surface area contributed by atoms with Crippen LogP contribution in [0.25, 0.3) is 0 Å². The SMILES string of the molecule is Cc1ccc(S(=O)(=O)N2CC=C(F)CC2)cc1. The third-order valence-electron chi connectivity index (χ3n) is 2.78. The average Bonchev–Trinajstić information content (AvgIpc) is 2.30. The minimum atomic E-state index is -3.48. The van der Waals surface area contributed by atoms with Gasteiger partial charge >= 0.3 is 0 Å². The van der Waals surface area contributed by atoms with Gasteiger partial charge in [-0.3, -0.25) is 0 Å². The van der Waals surface area contributed by atoms with Crippen LogP contribution in [0.2, 0.25) is 0 Å². The van der Waals surface area contributed by atoms with Gasteiger partial charge in [-0.1, -0.05) is 17.7 Å². The lowest BCUT2D eigenvalue weighted by atomic mass is 10.2. The molecular weight excluding hydrogens is 241 g/mol. The molecule has 0 aromatic heterocycles. The highest BCUT2D eigenvalue weighted by atomic mass is 32.2. The molecule has 1 aromatic rings. The van der Waals surface area contributed by atoms with Gasteiger partial charge in [-0.2, -0.15) is 4.31 Å². The summed E-state index contributed by atoms with van der Waals surface area (Å²) in [5.74, 6) is -0.236. The van der Waals surface area contributed by atoms with E-state index in [1.54, 1.807) is 24.3 Å². The Morgan fingerprint density at radius 1 is 1.24 bits per heavy atom. The lowest BCUT2D eigenvalue weighted by molar-refractivity contribution is 0.402. The highest BCUT2D eigenvalue weighted by molar-refractivity contribution is 7.89. The molecule has 0 amide bonds. The van der Waals surface area contributed by atoms with Crippen molar-refractivity contribution in [3.8, 4) is 0 Å². The predicted octanol–water partition coefficient (Wildman–Crippen LogP) is 2.24. The first-order chi connectivity index (χ1) is 8.00. The van der Waals surface area contributed by atoms with Gasteiger partial charge < -0.3 is 0 Å². The zero-order valence-corrected chi connectivity index (χ0v) is 10.4. The molecule has 0 saturated heterocycles. The Morgan fingerprint density at radius 3 is 2.41 bits per heavy atom. The maximum atomic E-state index is 12.8. The third kappa shape index (κ3) is 2.56. The van der Waals surface area contributed by atoms with Crippen molar-refractivity contribution in [1.29, 1.82) is 0 Å². The van der Waals surface area contributed by atoms with Crippen molar-refractivity contribution in [3.63, 3.8) is 0 Å². The fraction of sp³-hybridized carbons (Fsp3) is 0.333. The molecule has 0 N–H and O–H groups in total. The number of benzene rings is 1. The van der Waals surface area contributed by atoms with Gasteiger partial charge in [-0.25, -0.2) is 12.8 Å². The Bertz CT molecular complexity index is 534. The van der Waals surface area contributed by atoms with E-state index in [-0.39, 0.29) is 30.2 Å². The van der Waals surface area contributed by atoms with Crippen LogP contribution in [0, 0.1) is 6.92 Å². The molecule has 0 saturated carbocycles. The molecule has 3 nitrogen and oxygen atoms in total. The van der Waals surface area contributed by atoms with Crippen LogP contribution < -0.4 is 0 Å². The molecule has 0 atom stereocenters. The maximum absolute atomic E-state index is 12.8. The zero-order chi connectivity index (χ0) is 12.5. The summed E-state index contributed by atoms with van der Waals surface area (Å²) in [5, 5.41) is 0. The average molecular weight is 255 g/mol. The van der Waals surface area contributed by atoms with E-state index in [1.807, 2.05) is 6.92 Å². The van der Waals surface area contributed by atoms with Crippen LogP contribution >= 0.6 is 0 Å². The van der Waals surface area contributed by atoms with Gasteiger partial charge in [0, 0.05) is 19.5 Å². The van der Waals surface area contributed by atoms with Crippen molar-refractivity contribution in [2.45, 2.75) is 18.2 Å². The second-order valence-corrected chi connectivity index (χ2v) is 6.02. The van der Waals surface area contributed by atoms with Crippen LogP contribution in [0.4, 0.5) is 4.39 Å². The molecule has 92 valence electrons. The largest absolute Gasteiger partial charge is 0.243 e. The van der Waals surface area contributed by atoms with Crippen LogP contribution in [0.3, 0.4) is 0 Å². The minimum Gasteiger partial charge on any atom is -0.212 e. The van der Waals surface area contributed by atoms with Crippen LogP contribution in [0.1, 0.15) is 12.0 Å². The first-order valence-corrected chi connectivity index (χ1v) is 6.85. The smallest absolute Gasteiger partial charge is 0.212 e. The van der Waals surface area contributed by atoms with Crippen molar-refractivity contribution in [2.75, 3.05) is 13.1 Å². The molecule has 0 unspecified atom stereocenters. The van der Waals surface area contributed by atoms with Gasteiger partial charge in [-0.15, -0.1) is 0 Å². The molecule has 1 aliphatic heterocycles. The second kappa shape index (κ2) is 4.58. The molecule has 1 aromatic carbocycles. The Morgan fingerprint density at radius 2 is 1.88 bits per heavy atom. The monoisotopic (exact) mass is 255 g/mol. The van der Waals surface area contributed by atoms with Crippen molar-refractivity contribution in [1.82, 2.24) is 4.31 Å².